The summed E-state index contributed by atoms with van der Waals surface area (Å²) in [6.07, 6.45) is 1.19. The summed E-state index contributed by atoms with van der Waals surface area (Å²) in [5.41, 5.74) is 0.435. The molecule has 0 N–H and O–H groups in total. The minimum absolute atomic E-state index is 0.161. The largest absolute Gasteiger partial charge is 0.468 e. The number of ether oxygens (including phenoxy) is 1. The molecule has 1 aliphatic rings. The van der Waals surface area contributed by atoms with Crippen molar-refractivity contribution in [1.29, 1.82) is 0 Å². The van der Waals surface area contributed by atoms with Gasteiger partial charge in [-0.05, 0) is 11.0 Å². The van der Waals surface area contributed by atoms with E-state index in [1.807, 2.05) is 9.80 Å². The lowest BCUT2D eigenvalue weighted by atomic mass is 10.3. The maximum Gasteiger partial charge on any atom is 0.368 e. The average molecular weight is 320 g/mol. The van der Waals surface area contributed by atoms with E-state index in [1.54, 1.807) is 12.1 Å². The van der Waals surface area contributed by atoms with Gasteiger partial charge in [-0.3, -0.25) is 9.69 Å². The fraction of sp³-hybridized carbons (Fsp3) is 0.462. The number of fused-ring (bicyclic) bond motifs is 1. The van der Waals surface area contributed by atoms with E-state index in [1.165, 1.54) is 17.8 Å². The van der Waals surface area contributed by atoms with Gasteiger partial charge in [0.2, 0.25) is 5.65 Å². The third kappa shape index (κ3) is 3.06. The predicted octanol–water partition coefficient (Wildman–Crippen LogP) is -0.0675. The summed E-state index contributed by atoms with van der Waals surface area (Å²) in [5.74, 6) is 0.231. The highest BCUT2D eigenvalue weighted by Crippen LogP contribution is 2.18. The highest BCUT2D eigenvalue weighted by atomic mass is 16.6. The van der Waals surface area contributed by atoms with Crippen LogP contribution in [0.2, 0.25) is 0 Å². The summed E-state index contributed by atoms with van der Waals surface area (Å²) < 4.78 is 5.89. The maximum atomic E-state index is 11.3. The number of anilines is 1. The van der Waals surface area contributed by atoms with Crippen LogP contribution in [0.3, 0.4) is 0 Å². The van der Waals surface area contributed by atoms with E-state index >= 15 is 0 Å². The van der Waals surface area contributed by atoms with Crippen LogP contribution in [0.25, 0.3) is 5.65 Å². The molecule has 0 atom stereocenters. The first-order valence-corrected chi connectivity index (χ1v) is 7.12. The molecule has 0 spiro atoms. The van der Waals surface area contributed by atoms with Crippen LogP contribution in [-0.2, 0) is 9.53 Å². The van der Waals surface area contributed by atoms with Crippen molar-refractivity contribution in [2.75, 3.05) is 44.7 Å². The molecule has 0 saturated carbocycles. The fourth-order valence-corrected chi connectivity index (χ4v) is 2.53. The summed E-state index contributed by atoms with van der Waals surface area (Å²) >= 11 is 0. The smallest absolute Gasteiger partial charge is 0.368 e. The minimum atomic E-state index is -0.509. The number of hydrogen-bond donors (Lipinski definition) is 0. The summed E-state index contributed by atoms with van der Waals surface area (Å²) in [6, 6.07) is 3.50. The molecule has 1 saturated heterocycles. The molecule has 2 aromatic heterocycles. The number of nitrogens with zero attached hydrogens (tertiary/aromatic N) is 6. The average Bonchev–Trinajstić information content (AvgIpc) is 2.98. The van der Waals surface area contributed by atoms with Crippen molar-refractivity contribution in [3.05, 3.63) is 28.4 Å². The van der Waals surface area contributed by atoms with Gasteiger partial charge >= 0.3 is 11.8 Å². The van der Waals surface area contributed by atoms with Gasteiger partial charge in [-0.1, -0.05) is 9.61 Å². The number of methoxy groups -OCH3 is 1. The molecule has 1 fully saturated rings. The summed E-state index contributed by atoms with van der Waals surface area (Å²) in [5, 5.41) is 15.3. The Bertz CT molecular complexity index is 737. The number of aromatic nitrogens is 3. The fourth-order valence-electron chi connectivity index (χ4n) is 2.53. The molecule has 0 amide bonds. The number of nitro groups is 1. The van der Waals surface area contributed by atoms with E-state index in [4.69, 9.17) is 0 Å². The number of imidazole rings is 1. The summed E-state index contributed by atoms with van der Waals surface area (Å²) in [7, 11) is 1.37. The van der Waals surface area contributed by atoms with E-state index in [0.717, 1.165) is 0 Å². The lowest BCUT2D eigenvalue weighted by Gasteiger charge is -2.34. The number of piperazine rings is 1. The molecule has 2 aromatic rings. The summed E-state index contributed by atoms with van der Waals surface area (Å²) in [4.78, 5) is 29.7. The molecule has 3 rings (SSSR count). The van der Waals surface area contributed by atoms with Crippen molar-refractivity contribution in [3.63, 3.8) is 0 Å². The Morgan fingerprint density at radius 3 is 2.74 bits per heavy atom. The van der Waals surface area contributed by atoms with E-state index in [2.05, 4.69) is 14.8 Å². The zero-order valence-corrected chi connectivity index (χ0v) is 12.6. The van der Waals surface area contributed by atoms with Crippen LogP contribution in [0.15, 0.2) is 18.3 Å². The monoisotopic (exact) mass is 320 g/mol. The maximum absolute atomic E-state index is 11.3. The van der Waals surface area contributed by atoms with Crippen molar-refractivity contribution in [2.24, 2.45) is 0 Å². The van der Waals surface area contributed by atoms with Crippen LogP contribution in [0.1, 0.15) is 0 Å². The molecule has 0 unspecified atom stereocenters. The standard InChI is InChI=1S/C13H16N6O4/c1-23-13(20)9-16-4-6-17(7-5-16)11-3-2-10-14-8-12(19(21)22)18(10)15-11/h2-3,8H,4-7,9H2,1H3. The van der Waals surface area contributed by atoms with E-state index in [9.17, 15) is 14.9 Å². The van der Waals surface area contributed by atoms with E-state index in [0.29, 0.717) is 37.6 Å². The Hall–Kier alpha value is -2.75. The van der Waals surface area contributed by atoms with Crippen LogP contribution in [0.5, 0.6) is 0 Å². The second-order valence-electron chi connectivity index (χ2n) is 5.17. The number of carbonyl (C=O) groups is 1. The van der Waals surface area contributed by atoms with Crippen LogP contribution in [-0.4, -0.2) is 70.2 Å². The predicted molar refractivity (Wildman–Crippen MR) is 80.3 cm³/mol. The molecule has 122 valence electrons. The summed E-state index contributed by atoms with van der Waals surface area (Å²) in [6.45, 7) is 3.02. The third-order valence-corrected chi connectivity index (χ3v) is 3.79. The molecule has 0 bridgehead atoms. The zero-order valence-electron chi connectivity index (χ0n) is 12.6. The molecule has 10 nitrogen and oxygen atoms in total. The van der Waals surface area contributed by atoms with Crippen molar-refractivity contribution in [2.45, 2.75) is 0 Å². The second kappa shape index (κ2) is 6.16. The first-order valence-electron chi connectivity index (χ1n) is 7.12. The molecule has 10 heteroatoms. The molecular formula is C13H16N6O4. The SMILES string of the molecule is COC(=O)CN1CCN(c2ccc3ncc([N+](=O)[O-])n3n2)CC1. The van der Waals surface area contributed by atoms with Gasteiger partial charge in [-0.25, -0.2) is 4.98 Å². The topological polar surface area (TPSA) is 106 Å². The number of carbonyl (C=O) groups excluding carboxylic acids is 1. The minimum Gasteiger partial charge on any atom is -0.468 e. The van der Waals surface area contributed by atoms with Gasteiger partial charge in [0.1, 0.15) is 6.20 Å². The molecule has 1 aliphatic heterocycles. The Morgan fingerprint density at radius 1 is 1.35 bits per heavy atom. The molecule has 0 aliphatic carbocycles. The van der Waals surface area contributed by atoms with Crippen LogP contribution in [0, 0.1) is 10.1 Å². The molecule has 0 aromatic carbocycles. The molecular weight excluding hydrogens is 304 g/mol. The van der Waals surface area contributed by atoms with Crippen LogP contribution in [0.4, 0.5) is 11.6 Å². The molecule has 3 heterocycles. The zero-order chi connectivity index (χ0) is 16.4. The number of hydrogen-bond acceptors (Lipinski definition) is 8. The van der Waals surface area contributed by atoms with Crippen LogP contribution >= 0.6 is 0 Å². The van der Waals surface area contributed by atoms with Gasteiger partial charge in [0, 0.05) is 32.2 Å². The van der Waals surface area contributed by atoms with Gasteiger partial charge in [0.15, 0.2) is 5.82 Å². The second-order valence-corrected chi connectivity index (χ2v) is 5.17. The molecule has 23 heavy (non-hydrogen) atoms. The Labute approximate surface area is 131 Å². The van der Waals surface area contributed by atoms with Crippen molar-refractivity contribution in [1.82, 2.24) is 19.5 Å². The van der Waals surface area contributed by atoms with E-state index in [-0.39, 0.29) is 18.3 Å². The lowest BCUT2D eigenvalue weighted by Crippen LogP contribution is -2.48. The highest BCUT2D eigenvalue weighted by Gasteiger charge is 2.22. The Morgan fingerprint density at radius 2 is 2.09 bits per heavy atom. The quantitative estimate of drug-likeness (QED) is 0.438. The number of esters is 1. The van der Waals surface area contributed by atoms with Gasteiger partial charge in [0.25, 0.3) is 0 Å². The first kappa shape index (κ1) is 15.2. The lowest BCUT2D eigenvalue weighted by molar-refractivity contribution is -0.391. The van der Waals surface area contributed by atoms with Gasteiger partial charge in [-0.2, -0.15) is 0 Å². The van der Waals surface area contributed by atoms with Gasteiger partial charge in [0.05, 0.1) is 13.7 Å². The highest BCUT2D eigenvalue weighted by molar-refractivity contribution is 5.71. The van der Waals surface area contributed by atoms with Crippen molar-refractivity contribution >= 4 is 23.3 Å². The van der Waals surface area contributed by atoms with Gasteiger partial charge in [-0.15, -0.1) is 0 Å². The van der Waals surface area contributed by atoms with Gasteiger partial charge < -0.3 is 19.8 Å². The first-order chi connectivity index (χ1) is 11.1. The third-order valence-electron chi connectivity index (χ3n) is 3.79. The van der Waals surface area contributed by atoms with Crippen molar-refractivity contribution < 1.29 is 14.5 Å². The van der Waals surface area contributed by atoms with E-state index < -0.39 is 4.92 Å². The Balaban J connectivity index is 1.73. The number of rotatable bonds is 4. The molecule has 0 radical (unpaired) electrons. The van der Waals surface area contributed by atoms with Crippen molar-refractivity contribution in [3.8, 4) is 0 Å². The Kier molecular flexibility index (Phi) is 4.06. The normalized spacial score (nSPS) is 15.8. The van der Waals surface area contributed by atoms with Crippen LogP contribution < -0.4 is 4.90 Å².